The fraction of sp³-hybridized carbons (Fsp3) is 0.727. The molecule has 1 saturated heterocycles. The standard InChI is InChI=1S/C11H18ClN3O4S/c1-7-10(11(12)14(2)13-7)20(18,19)15-4-3-8(6-16)9(17)5-15/h8-9,16-17H,3-6H2,1-2H3/t8-,9+/m0/s1. The van der Waals surface area contributed by atoms with Crippen molar-refractivity contribution in [2.75, 3.05) is 19.7 Å². The lowest BCUT2D eigenvalue weighted by atomic mass is 9.96. The third kappa shape index (κ3) is 2.58. The van der Waals surface area contributed by atoms with Crippen molar-refractivity contribution in [2.24, 2.45) is 13.0 Å². The first kappa shape index (κ1) is 15.7. The van der Waals surface area contributed by atoms with Gasteiger partial charge in [-0.05, 0) is 13.3 Å². The molecule has 2 heterocycles. The van der Waals surface area contributed by atoms with Gasteiger partial charge in [-0.3, -0.25) is 4.68 Å². The molecule has 0 aliphatic carbocycles. The van der Waals surface area contributed by atoms with Crippen LogP contribution in [0.25, 0.3) is 0 Å². The lowest BCUT2D eigenvalue weighted by Gasteiger charge is -2.34. The van der Waals surface area contributed by atoms with Gasteiger partial charge in [-0.2, -0.15) is 9.40 Å². The maximum Gasteiger partial charge on any atom is 0.248 e. The number of aryl methyl sites for hydroxylation is 2. The van der Waals surface area contributed by atoms with Crippen LogP contribution in [0, 0.1) is 12.8 Å². The van der Waals surface area contributed by atoms with E-state index in [9.17, 15) is 13.5 Å². The number of aliphatic hydroxyl groups excluding tert-OH is 2. The number of aromatic nitrogens is 2. The Labute approximate surface area is 122 Å². The molecule has 1 aliphatic rings. The molecule has 0 spiro atoms. The molecule has 9 heteroatoms. The van der Waals surface area contributed by atoms with Gasteiger partial charge in [-0.1, -0.05) is 11.6 Å². The van der Waals surface area contributed by atoms with Crippen molar-refractivity contribution in [2.45, 2.75) is 24.3 Å². The number of sulfonamides is 1. The maximum atomic E-state index is 12.6. The third-order valence-corrected chi connectivity index (χ3v) is 6.18. The van der Waals surface area contributed by atoms with Gasteiger partial charge < -0.3 is 10.2 Å². The summed E-state index contributed by atoms with van der Waals surface area (Å²) in [6.45, 7) is 1.63. The van der Waals surface area contributed by atoms with Crippen LogP contribution in [0.5, 0.6) is 0 Å². The van der Waals surface area contributed by atoms with Crippen LogP contribution >= 0.6 is 11.6 Å². The second-order valence-corrected chi connectivity index (χ2v) is 7.22. The van der Waals surface area contributed by atoms with Crippen molar-refractivity contribution in [3.05, 3.63) is 10.8 Å². The van der Waals surface area contributed by atoms with Gasteiger partial charge in [-0.25, -0.2) is 8.42 Å². The molecule has 1 aromatic heterocycles. The summed E-state index contributed by atoms with van der Waals surface area (Å²) >= 11 is 6.00. The van der Waals surface area contributed by atoms with Crippen LogP contribution in [-0.4, -0.2) is 58.5 Å². The Morgan fingerprint density at radius 1 is 1.50 bits per heavy atom. The molecule has 0 amide bonds. The van der Waals surface area contributed by atoms with Crippen LogP contribution < -0.4 is 0 Å². The van der Waals surface area contributed by atoms with Gasteiger partial charge in [0.05, 0.1) is 11.8 Å². The van der Waals surface area contributed by atoms with Crippen LogP contribution in [0.2, 0.25) is 5.15 Å². The molecule has 1 aliphatic heterocycles. The number of rotatable bonds is 3. The molecular weight excluding hydrogens is 306 g/mol. The topological polar surface area (TPSA) is 95.7 Å². The second-order valence-electron chi connectivity index (χ2n) is 4.99. The van der Waals surface area contributed by atoms with Crippen molar-refractivity contribution < 1.29 is 18.6 Å². The lowest BCUT2D eigenvalue weighted by Crippen LogP contribution is -2.47. The van der Waals surface area contributed by atoms with Crippen molar-refractivity contribution in [1.29, 1.82) is 0 Å². The van der Waals surface area contributed by atoms with Gasteiger partial charge in [0.15, 0.2) is 0 Å². The van der Waals surface area contributed by atoms with Crippen molar-refractivity contribution in [3.8, 4) is 0 Å². The SMILES string of the molecule is Cc1nn(C)c(Cl)c1S(=O)(=O)N1CC[C@@H](CO)[C@H](O)C1. The van der Waals surface area contributed by atoms with E-state index in [-0.39, 0.29) is 35.7 Å². The highest BCUT2D eigenvalue weighted by Gasteiger charge is 2.37. The highest BCUT2D eigenvalue weighted by atomic mass is 35.5. The first-order valence-corrected chi connectivity index (χ1v) is 8.09. The summed E-state index contributed by atoms with van der Waals surface area (Å²) in [4.78, 5) is -0.0173. The van der Waals surface area contributed by atoms with Crippen molar-refractivity contribution in [3.63, 3.8) is 0 Å². The Hall–Kier alpha value is -0.670. The van der Waals surface area contributed by atoms with Gasteiger partial charge in [0.2, 0.25) is 10.0 Å². The Bertz CT molecular complexity index is 601. The fourth-order valence-electron chi connectivity index (χ4n) is 2.42. The maximum absolute atomic E-state index is 12.6. The Kier molecular flexibility index (Phi) is 4.41. The molecule has 0 radical (unpaired) electrons. The molecule has 1 aromatic rings. The van der Waals surface area contributed by atoms with Crippen LogP contribution in [0.3, 0.4) is 0 Å². The van der Waals surface area contributed by atoms with Crippen LogP contribution in [0.1, 0.15) is 12.1 Å². The summed E-state index contributed by atoms with van der Waals surface area (Å²) < 4.78 is 27.7. The van der Waals surface area contributed by atoms with E-state index in [1.165, 1.54) is 8.99 Å². The number of halogens is 1. The molecule has 2 N–H and O–H groups in total. The fourth-order valence-corrected chi connectivity index (χ4v) is 4.59. The van der Waals surface area contributed by atoms with Gasteiger partial charge in [0.1, 0.15) is 10.0 Å². The minimum Gasteiger partial charge on any atom is -0.396 e. The quantitative estimate of drug-likeness (QED) is 0.799. The summed E-state index contributed by atoms with van der Waals surface area (Å²) in [5.41, 5.74) is 0.330. The average molecular weight is 324 g/mol. The second kappa shape index (κ2) is 5.61. The van der Waals surface area contributed by atoms with E-state index in [1.807, 2.05) is 0 Å². The number of nitrogens with zero attached hydrogens (tertiary/aromatic N) is 3. The zero-order valence-electron chi connectivity index (χ0n) is 11.3. The smallest absolute Gasteiger partial charge is 0.248 e. The zero-order chi connectivity index (χ0) is 15.1. The Balaban J connectivity index is 2.32. The summed E-state index contributed by atoms with van der Waals surface area (Å²) in [5, 5.41) is 23.0. The average Bonchev–Trinajstić information content (AvgIpc) is 2.63. The molecule has 2 rings (SSSR count). The first-order chi connectivity index (χ1) is 9.28. The lowest BCUT2D eigenvalue weighted by molar-refractivity contribution is 0.0221. The van der Waals surface area contributed by atoms with E-state index in [4.69, 9.17) is 16.7 Å². The van der Waals surface area contributed by atoms with E-state index in [2.05, 4.69) is 5.10 Å². The van der Waals surface area contributed by atoms with Gasteiger partial charge in [-0.15, -0.1) is 0 Å². The van der Waals surface area contributed by atoms with Crippen LogP contribution in [0.4, 0.5) is 0 Å². The Morgan fingerprint density at radius 2 is 2.15 bits per heavy atom. The number of hydrogen-bond acceptors (Lipinski definition) is 5. The van der Waals surface area contributed by atoms with Gasteiger partial charge in [0, 0.05) is 32.7 Å². The van der Waals surface area contributed by atoms with Gasteiger partial charge in [0.25, 0.3) is 0 Å². The number of hydrogen-bond donors (Lipinski definition) is 2. The predicted molar refractivity (Wildman–Crippen MR) is 72.9 cm³/mol. The molecule has 0 aromatic carbocycles. The Morgan fingerprint density at radius 3 is 2.60 bits per heavy atom. The third-order valence-electron chi connectivity index (χ3n) is 3.62. The predicted octanol–water partition coefficient (Wildman–Crippen LogP) is -0.254. The van der Waals surface area contributed by atoms with E-state index in [0.717, 1.165) is 0 Å². The summed E-state index contributed by atoms with van der Waals surface area (Å²) in [6.07, 6.45) is -0.465. The van der Waals surface area contributed by atoms with E-state index < -0.39 is 16.1 Å². The van der Waals surface area contributed by atoms with E-state index >= 15 is 0 Å². The number of β-amino-alcohol motifs (C(OH)–C–C–N with tert-alkyl or cyclic N) is 1. The first-order valence-electron chi connectivity index (χ1n) is 6.27. The number of piperidine rings is 1. The number of aliphatic hydroxyl groups is 2. The molecule has 2 atom stereocenters. The highest BCUT2D eigenvalue weighted by molar-refractivity contribution is 7.89. The summed E-state index contributed by atoms with van der Waals surface area (Å²) in [7, 11) is -2.22. The monoisotopic (exact) mass is 323 g/mol. The normalized spacial score (nSPS) is 25.1. The molecule has 7 nitrogen and oxygen atoms in total. The molecule has 114 valence electrons. The summed E-state index contributed by atoms with van der Waals surface area (Å²) in [6, 6.07) is 0. The van der Waals surface area contributed by atoms with E-state index in [0.29, 0.717) is 12.1 Å². The molecule has 20 heavy (non-hydrogen) atoms. The molecule has 0 unspecified atom stereocenters. The minimum absolute atomic E-state index is 0.0173. The van der Waals surface area contributed by atoms with Crippen molar-refractivity contribution in [1.82, 2.24) is 14.1 Å². The molecule has 0 bridgehead atoms. The molecule has 1 fully saturated rings. The summed E-state index contributed by atoms with van der Waals surface area (Å²) in [5.74, 6) is -0.285. The van der Waals surface area contributed by atoms with Gasteiger partial charge >= 0.3 is 0 Å². The molecular formula is C11H18ClN3O4S. The van der Waals surface area contributed by atoms with Crippen molar-refractivity contribution >= 4 is 21.6 Å². The molecule has 0 saturated carbocycles. The van der Waals surface area contributed by atoms with Crippen LogP contribution in [0.15, 0.2) is 4.90 Å². The minimum atomic E-state index is -3.79. The van der Waals surface area contributed by atoms with Crippen LogP contribution in [-0.2, 0) is 17.1 Å². The zero-order valence-corrected chi connectivity index (χ0v) is 12.9. The van der Waals surface area contributed by atoms with E-state index in [1.54, 1.807) is 14.0 Å². The highest BCUT2D eigenvalue weighted by Crippen LogP contribution is 2.30. The largest absolute Gasteiger partial charge is 0.396 e.